The molecule has 1 heterocycles. The highest BCUT2D eigenvalue weighted by Gasteiger charge is 2.47. The number of aromatic hydroxyl groups is 1. The van der Waals surface area contributed by atoms with Gasteiger partial charge in [0.25, 0.3) is 11.7 Å². The van der Waals surface area contributed by atoms with Crippen molar-refractivity contribution in [3.63, 3.8) is 0 Å². The van der Waals surface area contributed by atoms with Crippen molar-refractivity contribution in [3.8, 4) is 23.3 Å². The number of nitrogens with zero attached hydrogens (tertiary/aromatic N) is 2. The minimum atomic E-state index is -1.02. The lowest BCUT2D eigenvalue weighted by Crippen LogP contribution is -2.29. The lowest BCUT2D eigenvalue weighted by atomic mass is 9.94. The average molecular weight is 456 g/mol. The van der Waals surface area contributed by atoms with Crippen LogP contribution in [0.25, 0.3) is 5.76 Å². The number of ketones is 1. The molecule has 0 aliphatic carbocycles. The number of aliphatic hydroxyl groups excluding tert-OH is 1. The molecule has 0 bridgehead atoms. The fourth-order valence-electron chi connectivity index (χ4n) is 3.94. The molecule has 34 heavy (non-hydrogen) atoms. The number of methoxy groups -OCH3 is 2. The Morgan fingerprint density at radius 3 is 2.29 bits per heavy atom. The number of ether oxygens (including phenoxy) is 2. The van der Waals surface area contributed by atoms with Crippen molar-refractivity contribution in [2.24, 2.45) is 0 Å². The maximum absolute atomic E-state index is 13.2. The van der Waals surface area contributed by atoms with E-state index in [1.54, 1.807) is 36.4 Å². The van der Waals surface area contributed by atoms with Crippen molar-refractivity contribution in [2.45, 2.75) is 6.04 Å². The minimum Gasteiger partial charge on any atom is -0.508 e. The maximum Gasteiger partial charge on any atom is 0.300 e. The number of Topliss-reactive ketones (excluding diaryl/α,β-unsaturated/α-hetero) is 1. The zero-order valence-corrected chi connectivity index (χ0v) is 18.4. The van der Waals surface area contributed by atoms with Crippen LogP contribution in [0.3, 0.4) is 0 Å². The quantitative estimate of drug-likeness (QED) is 0.339. The molecule has 8 heteroatoms. The van der Waals surface area contributed by atoms with Crippen LogP contribution in [0.15, 0.2) is 72.3 Å². The second-order valence-corrected chi connectivity index (χ2v) is 7.49. The van der Waals surface area contributed by atoms with Gasteiger partial charge in [-0.15, -0.1) is 0 Å². The molecule has 0 spiro atoms. The van der Waals surface area contributed by atoms with Gasteiger partial charge in [0, 0.05) is 11.3 Å². The van der Waals surface area contributed by atoms with E-state index in [1.165, 1.54) is 49.5 Å². The fraction of sp³-hybridized carbons (Fsp3) is 0.115. The number of benzene rings is 3. The molecule has 2 N–H and O–H groups in total. The zero-order chi connectivity index (χ0) is 24.4. The lowest BCUT2D eigenvalue weighted by Gasteiger charge is -2.25. The van der Waals surface area contributed by atoms with Gasteiger partial charge in [-0.25, -0.2) is 0 Å². The summed E-state index contributed by atoms with van der Waals surface area (Å²) in [5.41, 5.74) is 1.28. The summed E-state index contributed by atoms with van der Waals surface area (Å²) in [6.07, 6.45) is 0. The van der Waals surface area contributed by atoms with E-state index in [9.17, 15) is 19.8 Å². The van der Waals surface area contributed by atoms with Gasteiger partial charge in [-0.05, 0) is 60.2 Å². The smallest absolute Gasteiger partial charge is 0.300 e. The van der Waals surface area contributed by atoms with Crippen LogP contribution < -0.4 is 14.4 Å². The second kappa shape index (κ2) is 9.00. The van der Waals surface area contributed by atoms with Gasteiger partial charge in [-0.3, -0.25) is 14.5 Å². The summed E-state index contributed by atoms with van der Waals surface area (Å²) in [5, 5.41) is 30.4. The monoisotopic (exact) mass is 456 g/mol. The summed E-state index contributed by atoms with van der Waals surface area (Å²) >= 11 is 0. The number of aliphatic hydroxyl groups is 1. The summed E-state index contributed by atoms with van der Waals surface area (Å²) in [6, 6.07) is 17.9. The molecule has 0 aromatic heterocycles. The van der Waals surface area contributed by atoms with Crippen LogP contribution in [0.1, 0.15) is 22.7 Å². The Morgan fingerprint density at radius 2 is 1.68 bits per heavy atom. The maximum atomic E-state index is 13.2. The van der Waals surface area contributed by atoms with Gasteiger partial charge in [0.15, 0.2) is 11.5 Å². The largest absolute Gasteiger partial charge is 0.508 e. The summed E-state index contributed by atoms with van der Waals surface area (Å²) in [4.78, 5) is 27.6. The first-order chi connectivity index (χ1) is 16.4. The van der Waals surface area contributed by atoms with Crippen LogP contribution >= 0.6 is 0 Å². The summed E-state index contributed by atoms with van der Waals surface area (Å²) in [5.74, 6) is -1.42. The molecule has 1 fully saturated rings. The van der Waals surface area contributed by atoms with Gasteiger partial charge < -0.3 is 19.7 Å². The van der Waals surface area contributed by atoms with Crippen molar-refractivity contribution in [3.05, 3.63) is 89.0 Å². The van der Waals surface area contributed by atoms with E-state index in [0.717, 1.165) is 0 Å². The van der Waals surface area contributed by atoms with Gasteiger partial charge in [0.1, 0.15) is 11.5 Å². The number of hydrogen-bond donors (Lipinski definition) is 2. The Balaban J connectivity index is 1.94. The van der Waals surface area contributed by atoms with E-state index in [0.29, 0.717) is 28.3 Å². The Kier molecular flexibility index (Phi) is 5.94. The van der Waals surface area contributed by atoms with Crippen LogP contribution in [0.5, 0.6) is 17.2 Å². The number of nitriles is 1. The summed E-state index contributed by atoms with van der Waals surface area (Å²) in [6.45, 7) is 0. The summed E-state index contributed by atoms with van der Waals surface area (Å²) < 4.78 is 10.5. The van der Waals surface area contributed by atoms with Crippen molar-refractivity contribution < 1.29 is 29.3 Å². The lowest BCUT2D eigenvalue weighted by molar-refractivity contribution is -0.132. The second-order valence-electron chi connectivity index (χ2n) is 7.49. The SMILES string of the molecule is COc1ccc(/C(O)=C2/C(=O)C(=O)N(c3ccc(C#N)cc3)C2c2cccc(O)c2)cc1OC. The van der Waals surface area contributed by atoms with E-state index < -0.39 is 23.5 Å². The first-order valence-corrected chi connectivity index (χ1v) is 10.2. The van der Waals surface area contributed by atoms with Crippen molar-refractivity contribution in [2.75, 3.05) is 19.1 Å². The molecule has 8 nitrogen and oxygen atoms in total. The van der Waals surface area contributed by atoms with E-state index >= 15 is 0 Å². The molecule has 1 atom stereocenters. The molecule has 1 unspecified atom stereocenters. The molecule has 170 valence electrons. The van der Waals surface area contributed by atoms with Crippen molar-refractivity contribution >= 4 is 23.1 Å². The third kappa shape index (κ3) is 3.80. The number of phenolic OH excluding ortho intramolecular Hbond substituents is 1. The summed E-state index contributed by atoms with van der Waals surface area (Å²) in [7, 11) is 2.92. The van der Waals surface area contributed by atoms with E-state index in [4.69, 9.17) is 14.7 Å². The Bertz CT molecular complexity index is 1350. The highest BCUT2D eigenvalue weighted by Crippen LogP contribution is 2.43. The van der Waals surface area contributed by atoms with Gasteiger partial charge in [-0.2, -0.15) is 5.26 Å². The predicted molar refractivity (Wildman–Crippen MR) is 124 cm³/mol. The molecule has 0 radical (unpaired) electrons. The molecule has 1 aliphatic rings. The van der Waals surface area contributed by atoms with E-state index in [2.05, 4.69) is 0 Å². The predicted octanol–water partition coefficient (Wildman–Crippen LogP) is 3.91. The molecular weight excluding hydrogens is 436 g/mol. The molecule has 3 aromatic carbocycles. The molecule has 1 aliphatic heterocycles. The molecular formula is C26H20N2O6. The van der Waals surface area contributed by atoms with Crippen LogP contribution in [0.4, 0.5) is 5.69 Å². The number of hydrogen-bond acceptors (Lipinski definition) is 7. The number of anilines is 1. The average Bonchev–Trinajstić information content (AvgIpc) is 3.13. The van der Waals surface area contributed by atoms with Crippen LogP contribution in [0.2, 0.25) is 0 Å². The number of carbonyl (C=O) groups excluding carboxylic acids is 2. The molecule has 1 saturated heterocycles. The van der Waals surface area contributed by atoms with Gasteiger partial charge >= 0.3 is 0 Å². The molecule has 3 aromatic rings. The number of rotatable bonds is 5. The van der Waals surface area contributed by atoms with Crippen molar-refractivity contribution in [1.29, 1.82) is 5.26 Å². The van der Waals surface area contributed by atoms with Crippen molar-refractivity contribution in [1.82, 2.24) is 0 Å². The Hall–Kier alpha value is -4.77. The fourth-order valence-corrected chi connectivity index (χ4v) is 3.94. The zero-order valence-electron chi connectivity index (χ0n) is 18.4. The van der Waals surface area contributed by atoms with E-state index in [-0.39, 0.29) is 16.9 Å². The third-order valence-corrected chi connectivity index (χ3v) is 5.56. The normalized spacial score (nSPS) is 16.9. The van der Waals surface area contributed by atoms with Gasteiger partial charge in [0.2, 0.25) is 0 Å². The highest BCUT2D eigenvalue weighted by atomic mass is 16.5. The number of amides is 1. The van der Waals surface area contributed by atoms with Gasteiger partial charge in [-0.1, -0.05) is 12.1 Å². The topological polar surface area (TPSA) is 120 Å². The minimum absolute atomic E-state index is 0.0611. The molecule has 0 saturated carbocycles. The number of carbonyl (C=O) groups is 2. The Labute approximate surface area is 195 Å². The molecule has 1 amide bonds. The van der Waals surface area contributed by atoms with Crippen LogP contribution in [0, 0.1) is 11.3 Å². The molecule has 4 rings (SSSR count). The van der Waals surface area contributed by atoms with E-state index in [1.807, 2.05) is 6.07 Å². The van der Waals surface area contributed by atoms with Crippen LogP contribution in [-0.2, 0) is 9.59 Å². The first-order valence-electron chi connectivity index (χ1n) is 10.2. The van der Waals surface area contributed by atoms with Crippen LogP contribution in [-0.4, -0.2) is 36.1 Å². The first kappa shape index (κ1) is 22.4. The Morgan fingerprint density at radius 1 is 0.971 bits per heavy atom. The number of phenols is 1. The third-order valence-electron chi connectivity index (χ3n) is 5.56. The standard InChI is InChI=1S/C26H20N2O6/c1-33-20-11-8-17(13-21(20)34-2)24(30)22-23(16-4-3-5-19(29)12-16)28(26(32)25(22)31)18-9-6-15(14-27)7-10-18/h3-13,23,29-30H,1-2H3/b24-22-. The van der Waals surface area contributed by atoms with Gasteiger partial charge in [0.05, 0.1) is 37.5 Å². The highest BCUT2D eigenvalue weighted by molar-refractivity contribution is 6.51.